The van der Waals surface area contributed by atoms with E-state index in [2.05, 4.69) is 10.4 Å². The second-order valence-corrected chi connectivity index (χ2v) is 4.85. The minimum atomic E-state index is 0.367. The lowest BCUT2D eigenvalue weighted by Crippen LogP contribution is -2.33. The standard InChI is InChI=1S/C12H22N4/c1-16-9-11(8-15-16)14-7-10-5-3-2-4-6-12(10)13/h8-10,12,14H,2-7,13H2,1H3. The van der Waals surface area contributed by atoms with Gasteiger partial charge < -0.3 is 11.1 Å². The summed E-state index contributed by atoms with van der Waals surface area (Å²) < 4.78 is 1.81. The van der Waals surface area contributed by atoms with Gasteiger partial charge in [0, 0.05) is 25.8 Å². The third kappa shape index (κ3) is 2.98. The summed E-state index contributed by atoms with van der Waals surface area (Å²) in [6.07, 6.45) is 10.3. The van der Waals surface area contributed by atoms with Gasteiger partial charge in [0.05, 0.1) is 11.9 Å². The molecule has 1 aromatic heterocycles. The molecule has 16 heavy (non-hydrogen) atoms. The number of hydrogen-bond acceptors (Lipinski definition) is 3. The van der Waals surface area contributed by atoms with Gasteiger partial charge in [-0.15, -0.1) is 0 Å². The summed E-state index contributed by atoms with van der Waals surface area (Å²) >= 11 is 0. The van der Waals surface area contributed by atoms with Crippen LogP contribution in [0.4, 0.5) is 5.69 Å². The zero-order valence-corrected chi connectivity index (χ0v) is 10.0. The van der Waals surface area contributed by atoms with Crippen molar-refractivity contribution in [3.63, 3.8) is 0 Å². The Labute approximate surface area is 97.2 Å². The van der Waals surface area contributed by atoms with Crippen LogP contribution in [0.1, 0.15) is 32.1 Å². The molecule has 0 bridgehead atoms. The molecule has 0 saturated heterocycles. The van der Waals surface area contributed by atoms with Crippen LogP contribution in [-0.2, 0) is 7.05 Å². The van der Waals surface area contributed by atoms with Gasteiger partial charge in [-0.05, 0) is 18.8 Å². The lowest BCUT2D eigenvalue weighted by Gasteiger charge is -2.21. The highest BCUT2D eigenvalue weighted by Crippen LogP contribution is 2.22. The van der Waals surface area contributed by atoms with E-state index in [1.807, 2.05) is 24.1 Å². The molecule has 0 aromatic carbocycles. The molecule has 0 aliphatic heterocycles. The first kappa shape index (κ1) is 11.5. The molecule has 4 nitrogen and oxygen atoms in total. The van der Waals surface area contributed by atoms with E-state index >= 15 is 0 Å². The van der Waals surface area contributed by atoms with Crippen LogP contribution in [0.5, 0.6) is 0 Å². The van der Waals surface area contributed by atoms with Crippen LogP contribution in [0.15, 0.2) is 12.4 Å². The molecule has 90 valence electrons. The molecule has 0 amide bonds. The zero-order valence-electron chi connectivity index (χ0n) is 10.0. The number of aromatic nitrogens is 2. The van der Waals surface area contributed by atoms with E-state index in [0.717, 1.165) is 12.2 Å². The van der Waals surface area contributed by atoms with Crippen molar-refractivity contribution in [1.82, 2.24) is 9.78 Å². The average molecular weight is 222 g/mol. The maximum Gasteiger partial charge on any atom is 0.0726 e. The number of aryl methyl sites for hydroxylation is 1. The number of hydrogen-bond donors (Lipinski definition) is 2. The number of nitrogens with one attached hydrogen (secondary N) is 1. The monoisotopic (exact) mass is 222 g/mol. The minimum Gasteiger partial charge on any atom is -0.382 e. The van der Waals surface area contributed by atoms with Gasteiger partial charge in [0.1, 0.15) is 0 Å². The summed E-state index contributed by atoms with van der Waals surface area (Å²) in [5.74, 6) is 0.614. The predicted octanol–water partition coefficient (Wildman–Crippen LogP) is 1.74. The fourth-order valence-electron chi connectivity index (χ4n) is 2.43. The summed E-state index contributed by atoms with van der Waals surface area (Å²) in [7, 11) is 1.93. The van der Waals surface area contributed by atoms with E-state index in [1.165, 1.54) is 32.1 Å². The van der Waals surface area contributed by atoms with Gasteiger partial charge in [0.15, 0.2) is 0 Å². The quantitative estimate of drug-likeness (QED) is 0.766. The highest BCUT2D eigenvalue weighted by molar-refractivity contribution is 5.37. The van der Waals surface area contributed by atoms with Crippen molar-refractivity contribution >= 4 is 5.69 Å². The number of anilines is 1. The smallest absolute Gasteiger partial charge is 0.0726 e. The van der Waals surface area contributed by atoms with E-state index < -0.39 is 0 Å². The topological polar surface area (TPSA) is 55.9 Å². The Balaban J connectivity index is 1.83. The third-order valence-corrected chi connectivity index (χ3v) is 3.49. The molecule has 1 aromatic rings. The van der Waals surface area contributed by atoms with Gasteiger partial charge in [-0.25, -0.2) is 0 Å². The van der Waals surface area contributed by atoms with E-state index in [0.29, 0.717) is 12.0 Å². The SMILES string of the molecule is Cn1cc(NCC2CCCCCC2N)cn1. The van der Waals surface area contributed by atoms with Crippen LogP contribution in [0.25, 0.3) is 0 Å². The summed E-state index contributed by atoms with van der Waals surface area (Å²) in [5.41, 5.74) is 7.28. The number of nitrogens with two attached hydrogens (primary N) is 1. The van der Waals surface area contributed by atoms with Crippen molar-refractivity contribution < 1.29 is 0 Å². The molecule has 1 aliphatic rings. The molecule has 0 spiro atoms. The van der Waals surface area contributed by atoms with Crippen LogP contribution in [0, 0.1) is 5.92 Å². The van der Waals surface area contributed by atoms with Gasteiger partial charge in [-0.2, -0.15) is 5.10 Å². The molecule has 1 saturated carbocycles. The Morgan fingerprint density at radius 2 is 2.25 bits per heavy atom. The van der Waals surface area contributed by atoms with Crippen LogP contribution >= 0.6 is 0 Å². The summed E-state index contributed by atoms with van der Waals surface area (Å²) in [4.78, 5) is 0. The first-order valence-corrected chi connectivity index (χ1v) is 6.24. The van der Waals surface area contributed by atoms with E-state index in [-0.39, 0.29) is 0 Å². The van der Waals surface area contributed by atoms with Crippen molar-refractivity contribution in [1.29, 1.82) is 0 Å². The number of rotatable bonds is 3. The molecular weight excluding hydrogens is 200 g/mol. The van der Waals surface area contributed by atoms with Gasteiger partial charge >= 0.3 is 0 Å². The Bertz CT molecular complexity index is 321. The van der Waals surface area contributed by atoms with Gasteiger partial charge in [0.25, 0.3) is 0 Å². The zero-order chi connectivity index (χ0) is 11.4. The summed E-state index contributed by atoms with van der Waals surface area (Å²) in [5, 5.41) is 7.57. The molecule has 1 fully saturated rings. The predicted molar refractivity (Wildman–Crippen MR) is 66.2 cm³/mol. The highest BCUT2D eigenvalue weighted by atomic mass is 15.3. The largest absolute Gasteiger partial charge is 0.382 e. The van der Waals surface area contributed by atoms with Crippen LogP contribution in [-0.4, -0.2) is 22.4 Å². The average Bonchev–Trinajstić information content (AvgIpc) is 2.56. The maximum absolute atomic E-state index is 6.19. The van der Waals surface area contributed by atoms with Crippen molar-refractivity contribution in [2.75, 3.05) is 11.9 Å². The molecule has 1 aliphatic carbocycles. The van der Waals surface area contributed by atoms with Crippen LogP contribution in [0.3, 0.4) is 0 Å². The second kappa shape index (κ2) is 5.34. The second-order valence-electron chi connectivity index (χ2n) is 4.85. The Morgan fingerprint density at radius 3 is 3.00 bits per heavy atom. The first-order valence-electron chi connectivity index (χ1n) is 6.24. The molecule has 4 heteroatoms. The molecule has 1 heterocycles. The molecule has 2 unspecified atom stereocenters. The van der Waals surface area contributed by atoms with Crippen molar-refractivity contribution in [2.24, 2.45) is 18.7 Å². The highest BCUT2D eigenvalue weighted by Gasteiger charge is 2.19. The van der Waals surface area contributed by atoms with Gasteiger partial charge in [-0.3, -0.25) is 4.68 Å². The molecule has 0 radical (unpaired) electrons. The lowest BCUT2D eigenvalue weighted by atomic mass is 9.95. The summed E-state index contributed by atoms with van der Waals surface area (Å²) in [6, 6.07) is 0.367. The van der Waals surface area contributed by atoms with E-state index in [1.54, 1.807) is 0 Å². The Morgan fingerprint density at radius 1 is 1.44 bits per heavy atom. The minimum absolute atomic E-state index is 0.367. The lowest BCUT2D eigenvalue weighted by molar-refractivity contribution is 0.416. The molecular formula is C12H22N4. The van der Waals surface area contributed by atoms with Crippen molar-refractivity contribution in [3.05, 3.63) is 12.4 Å². The van der Waals surface area contributed by atoms with Gasteiger partial charge in [-0.1, -0.05) is 19.3 Å². The Hall–Kier alpha value is -1.03. The van der Waals surface area contributed by atoms with Crippen LogP contribution in [0.2, 0.25) is 0 Å². The molecule has 3 N–H and O–H groups in total. The van der Waals surface area contributed by atoms with E-state index in [9.17, 15) is 0 Å². The normalized spacial score (nSPS) is 26.4. The fraction of sp³-hybridized carbons (Fsp3) is 0.750. The van der Waals surface area contributed by atoms with Crippen molar-refractivity contribution in [2.45, 2.75) is 38.1 Å². The molecule has 2 rings (SSSR count). The summed E-state index contributed by atoms with van der Waals surface area (Å²) in [6.45, 7) is 0.979. The first-order chi connectivity index (χ1) is 7.75. The van der Waals surface area contributed by atoms with Gasteiger partial charge in [0.2, 0.25) is 0 Å². The Kier molecular flexibility index (Phi) is 3.83. The maximum atomic E-state index is 6.19. The third-order valence-electron chi connectivity index (χ3n) is 3.49. The van der Waals surface area contributed by atoms with Crippen LogP contribution < -0.4 is 11.1 Å². The molecule has 2 atom stereocenters. The van der Waals surface area contributed by atoms with E-state index in [4.69, 9.17) is 5.73 Å². The van der Waals surface area contributed by atoms with Crippen molar-refractivity contribution in [3.8, 4) is 0 Å². The fourth-order valence-corrected chi connectivity index (χ4v) is 2.43. The number of nitrogens with zero attached hydrogens (tertiary/aromatic N) is 2.